The number of nitrogens with one attached hydrogen (secondary N) is 3. The molecule has 2 heterocycles. The van der Waals surface area contributed by atoms with E-state index in [2.05, 4.69) is 26.1 Å². The molecule has 2 aromatic heterocycles. The Morgan fingerprint density at radius 1 is 1.29 bits per heavy atom. The number of carbonyl (C=O) groups is 2. The van der Waals surface area contributed by atoms with Crippen LogP contribution in [-0.2, 0) is 0 Å². The van der Waals surface area contributed by atoms with Crippen molar-refractivity contribution in [3.8, 4) is 10.6 Å². The van der Waals surface area contributed by atoms with Gasteiger partial charge in [0.05, 0.1) is 0 Å². The van der Waals surface area contributed by atoms with Crippen molar-refractivity contribution >= 4 is 23.3 Å². The zero-order valence-corrected chi connectivity index (χ0v) is 12.4. The zero-order valence-electron chi connectivity index (χ0n) is 11.6. The fourth-order valence-electron chi connectivity index (χ4n) is 1.48. The van der Waals surface area contributed by atoms with E-state index in [-0.39, 0.29) is 11.7 Å². The van der Waals surface area contributed by atoms with Crippen LogP contribution < -0.4 is 16.2 Å². The number of hydrogen-bond donors (Lipinski definition) is 3. The Balaban J connectivity index is 1.95. The van der Waals surface area contributed by atoms with Gasteiger partial charge < -0.3 is 5.32 Å². The zero-order chi connectivity index (χ0) is 15.2. The second-order valence-electron chi connectivity index (χ2n) is 4.49. The molecule has 21 heavy (non-hydrogen) atoms. The maximum absolute atomic E-state index is 11.9. The van der Waals surface area contributed by atoms with Crippen LogP contribution in [-0.4, -0.2) is 27.9 Å². The topological polar surface area (TPSA) is 96.0 Å². The molecule has 2 aromatic rings. The molecule has 0 radical (unpaired) electrons. The highest BCUT2D eigenvalue weighted by atomic mass is 32.1. The van der Waals surface area contributed by atoms with Gasteiger partial charge in [0.2, 0.25) is 0 Å². The molecule has 0 aliphatic carbocycles. The molecule has 0 atom stereocenters. The number of thiazole rings is 1. The van der Waals surface area contributed by atoms with E-state index < -0.39 is 11.9 Å². The average molecular weight is 305 g/mol. The molecular formula is C13H15N5O2S. The Morgan fingerprint density at radius 3 is 2.76 bits per heavy atom. The number of amides is 3. The summed E-state index contributed by atoms with van der Waals surface area (Å²) in [6.07, 6.45) is 3.34. The van der Waals surface area contributed by atoms with Crippen molar-refractivity contribution in [1.82, 2.24) is 26.1 Å². The Labute approximate surface area is 125 Å². The van der Waals surface area contributed by atoms with E-state index in [0.717, 1.165) is 5.56 Å². The fraction of sp³-hybridized carbons (Fsp3) is 0.231. The Hall–Kier alpha value is -2.48. The summed E-state index contributed by atoms with van der Waals surface area (Å²) in [7, 11) is 0. The van der Waals surface area contributed by atoms with E-state index >= 15 is 0 Å². The first kappa shape index (κ1) is 14.9. The number of urea groups is 1. The average Bonchev–Trinajstić information content (AvgIpc) is 2.95. The van der Waals surface area contributed by atoms with Crippen molar-refractivity contribution in [3.05, 3.63) is 35.6 Å². The lowest BCUT2D eigenvalue weighted by atomic mass is 10.3. The monoisotopic (exact) mass is 305 g/mol. The third-order valence-corrected chi connectivity index (χ3v) is 3.25. The number of hydrogen-bond acceptors (Lipinski definition) is 5. The molecule has 3 amide bonds. The van der Waals surface area contributed by atoms with Gasteiger partial charge in [-0.1, -0.05) is 0 Å². The van der Waals surface area contributed by atoms with Gasteiger partial charge in [-0.3, -0.25) is 15.2 Å². The molecule has 7 nitrogen and oxygen atoms in total. The van der Waals surface area contributed by atoms with Crippen LogP contribution in [0.1, 0.15) is 24.3 Å². The third-order valence-electron chi connectivity index (χ3n) is 2.35. The lowest BCUT2D eigenvalue weighted by Gasteiger charge is -2.10. The SMILES string of the molecule is CC(C)NC(=O)NNC(=O)c1csc(-c2cccnc2)n1. The smallest absolute Gasteiger partial charge is 0.333 e. The highest BCUT2D eigenvalue weighted by Gasteiger charge is 2.12. The van der Waals surface area contributed by atoms with Gasteiger partial charge in [0.15, 0.2) is 0 Å². The van der Waals surface area contributed by atoms with Crippen LogP contribution in [0.15, 0.2) is 29.9 Å². The molecule has 3 N–H and O–H groups in total. The summed E-state index contributed by atoms with van der Waals surface area (Å²) in [5.41, 5.74) is 5.64. The number of rotatable bonds is 3. The van der Waals surface area contributed by atoms with Gasteiger partial charge in [0.25, 0.3) is 5.91 Å². The molecular weight excluding hydrogens is 290 g/mol. The van der Waals surface area contributed by atoms with E-state index in [9.17, 15) is 9.59 Å². The first-order chi connectivity index (χ1) is 10.1. The normalized spacial score (nSPS) is 10.2. The van der Waals surface area contributed by atoms with Crippen LogP contribution in [0.3, 0.4) is 0 Å². The maximum Gasteiger partial charge on any atom is 0.333 e. The van der Waals surface area contributed by atoms with Crippen LogP contribution in [0.25, 0.3) is 10.6 Å². The second kappa shape index (κ2) is 6.80. The number of hydrazine groups is 1. The summed E-state index contributed by atoms with van der Waals surface area (Å²) in [5.74, 6) is -0.472. The lowest BCUT2D eigenvalue weighted by molar-refractivity contribution is 0.0931. The van der Waals surface area contributed by atoms with Crippen molar-refractivity contribution < 1.29 is 9.59 Å². The summed E-state index contributed by atoms with van der Waals surface area (Å²) < 4.78 is 0. The summed E-state index contributed by atoms with van der Waals surface area (Å²) >= 11 is 1.34. The molecule has 0 bridgehead atoms. The summed E-state index contributed by atoms with van der Waals surface area (Å²) in [6.45, 7) is 3.64. The predicted octanol–water partition coefficient (Wildman–Crippen LogP) is 1.56. The van der Waals surface area contributed by atoms with E-state index in [1.165, 1.54) is 11.3 Å². The van der Waals surface area contributed by atoms with Crippen LogP contribution in [0, 0.1) is 0 Å². The molecule has 0 aliphatic heterocycles. The summed E-state index contributed by atoms with van der Waals surface area (Å²) in [6, 6.07) is 3.18. The standard InChI is InChI=1S/C13H15N5O2S/c1-8(2)15-13(20)18-17-11(19)10-7-21-12(16-10)9-4-3-5-14-6-9/h3-8H,1-2H3,(H,17,19)(H2,15,18,20). The van der Waals surface area contributed by atoms with Crippen molar-refractivity contribution in [2.75, 3.05) is 0 Å². The van der Waals surface area contributed by atoms with Crippen LogP contribution >= 0.6 is 11.3 Å². The van der Waals surface area contributed by atoms with E-state index in [0.29, 0.717) is 5.01 Å². The first-order valence-corrected chi connectivity index (χ1v) is 7.17. The first-order valence-electron chi connectivity index (χ1n) is 6.29. The molecule has 8 heteroatoms. The predicted molar refractivity (Wildman–Crippen MR) is 79.6 cm³/mol. The number of pyridine rings is 1. The van der Waals surface area contributed by atoms with Crippen LogP contribution in [0.2, 0.25) is 0 Å². The molecule has 0 saturated carbocycles. The molecule has 0 saturated heterocycles. The molecule has 0 spiro atoms. The van der Waals surface area contributed by atoms with Gasteiger partial charge >= 0.3 is 6.03 Å². The van der Waals surface area contributed by atoms with Gasteiger partial charge in [-0.25, -0.2) is 15.2 Å². The number of aromatic nitrogens is 2. The van der Waals surface area contributed by atoms with Crippen molar-refractivity contribution in [1.29, 1.82) is 0 Å². The van der Waals surface area contributed by atoms with Crippen LogP contribution in [0.4, 0.5) is 4.79 Å². The summed E-state index contributed by atoms with van der Waals surface area (Å²) in [5, 5.41) is 4.91. The highest BCUT2D eigenvalue weighted by molar-refractivity contribution is 7.13. The minimum absolute atomic E-state index is 0.0154. The molecule has 0 aliphatic rings. The van der Waals surface area contributed by atoms with Crippen molar-refractivity contribution in [2.24, 2.45) is 0 Å². The van der Waals surface area contributed by atoms with Gasteiger partial charge in [-0.15, -0.1) is 11.3 Å². The minimum Gasteiger partial charge on any atom is -0.335 e. The number of carbonyl (C=O) groups excluding carboxylic acids is 2. The quantitative estimate of drug-likeness (QED) is 0.750. The maximum atomic E-state index is 11.9. The largest absolute Gasteiger partial charge is 0.335 e. The third kappa shape index (κ3) is 4.25. The van der Waals surface area contributed by atoms with Crippen LogP contribution in [0.5, 0.6) is 0 Å². The van der Waals surface area contributed by atoms with E-state index in [1.807, 2.05) is 19.9 Å². The number of nitrogens with zero attached hydrogens (tertiary/aromatic N) is 2. The van der Waals surface area contributed by atoms with Gasteiger partial charge in [-0.05, 0) is 26.0 Å². The van der Waals surface area contributed by atoms with Crippen molar-refractivity contribution in [3.63, 3.8) is 0 Å². The van der Waals surface area contributed by atoms with Gasteiger partial charge in [0.1, 0.15) is 10.7 Å². The van der Waals surface area contributed by atoms with Gasteiger partial charge in [0, 0.05) is 29.4 Å². The fourth-order valence-corrected chi connectivity index (χ4v) is 2.27. The molecule has 2 rings (SSSR count). The Kier molecular flexibility index (Phi) is 4.83. The van der Waals surface area contributed by atoms with E-state index in [1.54, 1.807) is 23.8 Å². The Morgan fingerprint density at radius 2 is 2.10 bits per heavy atom. The molecule has 0 fully saturated rings. The highest BCUT2D eigenvalue weighted by Crippen LogP contribution is 2.22. The Bertz CT molecular complexity index is 627. The lowest BCUT2D eigenvalue weighted by Crippen LogP contribution is -2.48. The minimum atomic E-state index is -0.472. The summed E-state index contributed by atoms with van der Waals surface area (Å²) in [4.78, 5) is 31.4. The molecule has 110 valence electrons. The molecule has 0 unspecified atom stereocenters. The second-order valence-corrected chi connectivity index (χ2v) is 5.34. The van der Waals surface area contributed by atoms with E-state index in [4.69, 9.17) is 0 Å². The van der Waals surface area contributed by atoms with Crippen molar-refractivity contribution in [2.45, 2.75) is 19.9 Å². The molecule has 0 aromatic carbocycles. The van der Waals surface area contributed by atoms with Gasteiger partial charge in [-0.2, -0.15) is 0 Å².